The van der Waals surface area contributed by atoms with E-state index in [1.807, 2.05) is 13.8 Å². The Labute approximate surface area is 136 Å². The minimum absolute atomic E-state index is 0. The third kappa shape index (κ3) is 3.34. The van der Waals surface area contributed by atoms with Crippen molar-refractivity contribution in [2.24, 2.45) is 0 Å². The van der Waals surface area contributed by atoms with Gasteiger partial charge in [-0.15, -0.1) is 0 Å². The number of fused-ring (bicyclic) bond motifs is 2. The molecule has 2 aromatic rings. The van der Waals surface area contributed by atoms with E-state index in [4.69, 9.17) is 4.18 Å². The van der Waals surface area contributed by atoms with E-state index >= 15 is 0 Å². The SMILES string of the molecule is C.CC(C)c1nccc2cc3c(nc12)OS(=O)(=O)CCCC3=O. The lowest BCUT2D eigenvalue weighted by atomic mass is 10.0. The first-order valence-corrected chi connectivity index (χ1v) is 8.70. The average Bonchev–Trinajstić information content (AvgIpc) is 2.43. The van der Waals surface area contributed by atoms with Gasteiger partial charge in [-0.3, -0.25) is 9.78 Å². The third-order valence-electron chi connectivity index (χ3n) is 3.58. The summed E-state index contributed by atoms with van der Waals surface area (Å²) in [7, 11) is -3.72. The number of carbonyl (C=O) groups is 1. The van der Waals surface area contributed by atoms with E-state index in [1.54, 1.807) is 18.3 Å². The number of pyridine rings is 2. The van der Waals surface area contributed by atoms with E-state index in [9.17, 15) is 13.2 Å². The molecule has 0 amide bonds. The highest BCUT2D eigenvalue weighted by molar-refractivity contribution is 7.87. The van der Waals surface area contributed by atoms with Gasteiger partial charge in [0.05, 0.1) is 22.5 Å². The number of rotatable bonds is 1. The Hall–Kier alpha value is -2.02. The molecule has 0 spiro atoms. The summed E-state index contributed by atoms with van der Waals surface area (Å²) in [6, 6.07) is 3.41. The van der Waals surface area contributed by atoms with Gasteiger partial charge in [0.15, 0.2) is 5.78 Å². The summed E-state index contributed by atoms with van der Waals surface area (Å²) in [4.78, 5) is 20.8. The van der Waals surface area contributed by atoms with Gasteiger partial charge in [-0.25, -0.2) is 4.98 Å². The molecule has 0 saturated heterocycles. The quantitative estimate of drug-likeness (QED) is 0.744. The molecule has 0 aromatic carbocycles. The Morgan fingerprint density at radius 3 is 2.74 bits per heavy atom. The molecule has 0 unspecified atom stereocenters. The van der Waals surface area contributed by atoms with Crippen molar-refractivity contribution in [3.63, 3.8) is 0 Å². The lowest BCUT2D eigenvalue weighted by Gasteiger charge is -2.15. The van der Waals surface area contributed by atoms with Crippen molar-refractivity contribution in [3.8, 4) is 5.88 Å². The van der Waals surface area contributed by atoms with Crippen molar-refractivity contribution < 1.29 is 17.4 Å². The van der Waals surface area contributed by atoms with Gasteiger partial charge < -0.3 is 4.18 Å². The first-order valence-electron chi connectivity index (χ1n) is 7.12. The lowest BCUT2D eigenvalue weighted by molar-refractivity contribution is 0.0978. The highest BCUT2D eigenvalue weighted by Crippen LogP contribution is 2.30. The van der Waals surface area contributed by atoms with Crippen LogP contribution in [0.1, 0.15) is 56.1 Å². The van der Waals surface area contributed by atoms with E-state index < -0.39 is 10.1 Å². The van der Waals surface area contributed by atoms with Gasteiger partial charge in [0.2, 0.25) is 5.88 Å². The highest BCUT2D eigenvalue weighted by atomic mass is 32.2. The van der Waals surface area contributed by atoms with Crippen LogP contribution < -0.4 is 4.18 Å². The molecule has 1 aliphatic rings. The standard InChI is InChI=1S/C15H16N2O4S.CH4/c1-9(2)13-14-10(5-6-16-13)8-11-12(18)4-3-7-22(19,20)21-15(11)17-14;/h5-6,8-9H,3-4,7H2,1-2H3;1H4. The molecule has 7 heteroatoms. The van der Waals surface area contributed by atoms with Crippen molar-refractivity contribution in [3.05, 3.63) is 29.6 Å². The first-order chi connectivity index (χ1) is 10.4. The van der Waals surface area contributed by atoms with Crippen molar-refractivity contribution in [2.45, 2.75) is 40.0 Å². The van der Waals surface area contributed by atoms with Gasteiger partial charge in [-0.1, -0.05) is 21.3 Å². The maximum absolute atomic E-state index is 12.2. The van der Waals surface area contributed by atoms with E-state index in [0.717, 1.165) is 11.1 Å². The molecule has 0 atom stereocenters. The molecule has 3 rings (SSSR count). The molecule has 124 valence electrons. The van der Waals surface area contributed by atoms with Crippen LogP contribution in [0.4, 0.5) is 0 Å². The fraction of sp³-hybridized carbons (Fsp3) is 0.438. The largest absolute Gasteiger partial charge is 0.361 e. The number of hydrogen-bond donors (Lipinski definition) is 0. The second kappa shape index (κ2) is 6.23. The molecule has 23 heavy (non-hydrogen) atoms. The molecule has 0 aliphatic carbocycles. The van der Waals surface area contributed by atoms with Gasteiger partial charge in [-0.05, 0) is 24.5 Å². The Kier molecular flexibility index (Phi) is 4.70. The zero-order valence-electron chi connectivity index (χ0n) is 12.4. The number of nitrogens with zero attached hydrogens (tertiary/aromatic N) is 2. The van der Waals surface area contributed by atoms with Gasteiger partial charge in [0, 0.05) is 18.0 Å². The van der Waals surface area contributed by atoms with Crippen LogP contribution >= 0.6 is 0 Å². The molecule has 0 saturated carbocycles. The van der Waals surface area contributed by atoms with Crippen molar-refractivity contribution in [1.29, 1.82) is 0 Å². The molecule has 0 N–H and O–H groups in total. The molecule has 1 aliphatic heterocycles. The van der Waals surface area contributed by atoms with Gasteiger partial charge in [-0.2, -0.15) is 8.42 Å². The van der Waals surface area contributed by atoms with Crippen LogP contribution in [0.5, 0.6) is 5.88 Å². The Morgan fingerprint density at radius 1 is 1.30 bits per heavy atom. The molecular formula is C16H20N2O4S. The Balaban J connectivity index is 0.00000192. The smallest absolute Gasteiger partial charge is 0.310 e. The van der Waals surface area contributed by atoms with Gasteiger partial charge >= 0.3 is 10.1 Å². The first kappa shape index (κ1) is 17.3. The van der Waals surface area contributed by atoms with Gasteiger partial charge in [0.1, 0.15) is 0 Å². The Morgan fingerprint density at radius 2 is 2.04 bits per heavy atom. The van der Waals surface area contributed by atoms with Crippen LogP contribution in [0.3, 0.4) is 0 Å². The molecular weight excluding hydrogens is 316 g/mol. The number of carbonyl (C=O) groups excluding carboxylic acids is 1. The monoisotopic (exact) mass is 336 g/mol. The Bertz CT molecular complexity index is 860. The molecule has 2 aromatic heterocycles. The van der Waals surface area contributed by atoms with Crippen LogP contribution in [0, 0.1) is 0 Å². The van der Waals surface area contributed by atoms with E-state index in [2.05, 4.69) is 9.97 Å². The maximum Gasteiger partial charge on any atom is 0.310 e. The van der Waals surface area contributed by atoms with E-state index in [0.29, 0.717) is 5.52 Å². The number of Topliss-reactive ketones (excluding diaryl/α,β-unsaturated/α-hetero) is 1. The summed E-state index contributed by atoms with van der Waals surface area (Å²) in [5.41, 5.74) is 1.53. The van der Waals surface area contributed by atoms with Crippen LogP contribution in [-0.2, 0) is 10.1 Å². The minimum atomic E-state index is -3.72. The normalized spacial score (nSPS) is 16.9. The molecule has 0 fully saturated rings. The second-order valence-electron chi connectivity index (χ2n) is 5.64. The number of hydrogen-bond acceptors (Lipinski definition) is 6. The third-order valence-corrected chi connectivity index (χ3v) is 4.78. The zero-order chi connectivity index (χ0) is 15.9. The summed E-state index contributed by atoms with van der Waals surface area (Å²) in [5.74, 6) is -0.341. The van der Waals surface area contributed by atoms with Crippen LogP contribution in [0.25, 0.3) is 10.9 Å². The zero-order valence-corrected chi connectivity index (χ0v) is 13.2. The van der Waals surface area contributed by atoms with Crippen LogP contribution in [0.2, 0.25) is 0 Å². The molecule has 0 bridgehead atoms. The topological polar surface area (TPSA) is 86.2 Å². The van der Waals surface area contributed by atoms with Gasteiger partial charge in [0.25, 0.3) is 0 Å². The highest BCUT2D eigenvalue weighted by Gasteiger charge is 2.25. The fourth-order valence-corrected chi connectivity index (χ4v) is 3.44. The summed E-state index contributed by atoms with van der Waals surface area (Å²) < 4.78 is 28.8. The summed E-state index contributed by atoms with van der Waals surface area (Å²) >= 11 is 0. The maximum atomic E-state index is 12.2. The average molecular weight is 336 g/mol. The second-order valence-corrected chi connectivity index (χ2v) is 7.33. The van der Waals surface area contributed by atoms with Crippen molar-refractivity contribution in [1.82, 2.24) is 9.97 Å². The lowest BCUT2D eigenvalue weighted by Crippen LogP contribution is -2.20. The van der Waals surface area contributed by atoms with E-state index in [-0.39, 0.29) is 49.2 Å². The summed E-state index contributed by atoms with van der Waals surface area (Å²) in [5, 5.41) is 0.757. The van der Waals surface area contributed by atoms with Crippen molar-refractivity contribution >= 4 is 26.8 Å². The fourth-order valence-electron chi connectivity index (χ4n) is 2.50. The molecule has 6 nitrogen and oxygen atoms in total. The molecule has 0 radical (unpaired) electrons. The number of aromatic nitrogens is 2. The minimum Gasteiger partial charge on any atom is -0.361 e. The van der Waals surface area contributed by atoms with Crippen LogP contribution in [0.15, 0.2) is 18.3 Å². The molecule has 3 heterocycles. The summed E-state index contributed by atoms with van der Waals surface area (Å²) in [6.45, 7) is 3.95. The number of ketones is 1. The van der Waals surface area contributed by atoms with Crippen molar-refractivity contribution in [2.75, 3.05) is 5.75 Å². The predicted molar refractivity (Wildman–Crippen MR) is 88.3 cm³/mol. The van der Waals surface area contributed by atoms with E-state index in [1.165, 1.54) is 0 Å². The van der Waals surface area contributed by atoms with Crippen LogP contribution in [-0.4, -0.2) is 29.9 Å². The summed E-state index contributed by atoms with van der Waals surface area (Å²) in [6.07, 6.45) is 2.09. The predicted octanol–water partition coefficient (Wildman–Crippen LogP) is 3.07.